The Hall–Kier alpha value is -3.81. The minimum absolute atomic E-state index is 0.226. The Morgan fingerprint density at radius 1 is 1.10 bits per heavy atom. The van der Waals surface area contributed by atoms with Crippen molar-refractivity contribution in [3.8, 4) is 11.6 Å². The molecule has 7 nitrogen and oxygen atoms in total. The molecule has 0 aliphatic rings. The molecule has 0 saturated heterocycles. The number of aromatic nitrogens is 2. The highest BCUT2D eigenvalue weighted by Gasteiger charge is 2.15. The van der Waals surface area contributed by atoms with Gasteiger partial charge in [-0.25, -0.2) is 14.4 Å². The number of nitrogens with one attached hydrogen (secondary N) is 1. The maximum atomic E-state index is 13.0. The van der Waals surface area contributed by atoms with Crippen molar-refractivity contribution >= 4 is 11.8 Å². The lowest BCUT2D eigenvalue weighted by Crippen LogP contribution is -2.26. The first-order valence-corrected chi connectivity index (χ1v) is 9.19. The summed E-state index contributed by atoms with van der Waals surface area (Å²) in [7, 11) is 3.28. The Balaban J connectivity index is 1.64. The standard InChI is InChI=1S/C22H21FN4O3/c1-14-18(8-9-19(26-14)22(29)27(2)3)21(28)25-13-15-10-11-24-20(12-15)30-17-6-4-16(23)5-7-17/h4-12H,13H2,1-3H3,(H,25,28). The molecule has 3 aromatic rings. The molecule has 0 radical (unpaired) electrons. The van der Waals surface area contributed by atoms with Gasteiger partial charge in [-0.05, 0) is 55.0 Å². The van der Waals surface area contributed by atoms with Gasteiger partial charge in [0.25, 0.3) is 11.8 Å². The van der Waals surface area contributed by atoms with Gasteiger partial charge in [-0.15, -0.1) is 0 Å². The van der Waals surface area contributed by atoms with E-state index in [9.17, 15) is 14.0 Å². The number of nitrogens with zero attached hydrogens (tertiary/aromatic N) is 3. The van der Waals surface area contributed by atoms with Crippen LogP contribution in [0.3, 0.4) is 0 Å². The van der Waals surface area contributed by atoms with Crippen LogP contribution >= 0.6 is 0 Å². The maximum Gasteiger partial charge on any atom is 0.271 e. The minimum atomic E-state index is -0.351. The molecule has 2 heterocycles. The van der Waals surface area contributed by atoms with E-state index in [1.165, 1.54) is 35.2 Å². The summed E-state index contributed by atoms with van der Waals surface area (Å²) in [5.74, 6) is -0.0928. The summed E-state index contributed by atoms with van der Waals surface area (Å²) in [6.07, 6.45) is 1.56. The first-order valence-electron chi connectivity index (χ1n) is 9.19. The molecule has 30 heavy (non-hydrogen) atoms. The summed E-state index contributed by atoms with van der Waals surface area (Å²) in [5, 5.41) is 2.82. The number of amides is 2. The van der Waals surface area contributed by atoms with Crippen LogP contribution in [-0.2, 0) is 6.54 Å². The average molecular weight is 408 g/mol. The molecular weight excluding hydrogens is 387 g/mol. The second kappa shape index (κ2) is 9.13. The van der Waals surface area contributed by atoms with Gasteiger partial charge in [-0.3, -0.25) is 9.59 Å². The zero-order chi connectivity index (χ0) is 21.7. The summed E-state index contributed by atoms with van der Waals surface area (Å²) in [4.78, 5) is 34.3. The molecule has 2 aromatic heterocycles. The van der Waals surface area contributed by atoms with Gasteiger partial charge in [0.2, 0.25) is 5.88 Å². The quantitative estimate of drug-likeness (QED) is 0.676. The zero-order valence-corrected chi connectivity index (χ0v) is 16.8. The van der Waals surface area contributed by atoms with Crippen molar-refractivity contribution in [1.29, 1.82) is 0 Å². The smallest absolute Gasteiger partial charge is 0.271 e. The van der Waals surface area contributed by atoms with Crippen molar-refractivity contribution in [3.05, 3.63) is 83.1 Å². The van der Waals surface area contributed by atoms with Crippen molar-refractivity contribution in [1.82, 2.24) is 20.2 Å². The molecule has 0 spiro atoms. The number of pyridine rings is 2. The summed E-state index contributed by atoms with van der Waals surface area (Å²) < 4.78 is 18.6. The molecule has 0 bridgehead atoms. The minimum Gasteiger partial charge on any atom is -0.439 e. The first-order chi connectivity index (χ1) is 14.3. The molecule has 0 aliphatic heterocycles. The Bertz CT molecular complexity index is 1070. The summed E-state index contributed by atoms with van der Waals surface area (Å²) in [6.45, 7) is 1.93. The van der Waals surface area contributed by atoms with Gasteiger partial charge in [-0.2, -0.15) is 0 Å². The lowest BCUT2D eigenvalue weighted by atomic mass is 10.1. The molecular formula is C22H21FN4O3. The highest BCUT2D eigenvalue weighted by Crippen LogP contribution is 2.20. The van der Waals surface area contributed by atoms with E-state index in [0.29, 0.717) is 22.9 Å². The number of ether oxygens (including phenoxy) is 1. The number of hydrogen-bond acceptors (Lipinski definition) is 5. The van der Waals surface area contributed by atoms with E-state index in [2.05, 4.69) is 15.3 Å². The third-order valence-corrected chi connectivity index (χ3v) is 4.24. The molecule has 2 amide bonds. The van der Waals surface area contributed by atoms with Crippen LogP contribution < -0.4 is 10.1 Å². The van der Waals surface area contributed by atoms with Gasteiger partial charge in [-0.1, -0.05) is 0 Å². The maximum absolute atomic E-state index is 13.0. The number of benzene rings is 1. The number of aryl methyl sites for hydroxylation is 1. The van der Waals surface area contributed by atoms with E-state index in [1.54, 1.807) is 45.4 Å². The van der Waals surface area contributed by atoms with E-state index < -0.39 is 0 Å². The van der Waals surface area contributed by atoms with Crippen LogP contribution in [0, 0.1) is 12.7 Å². The van der Waals surface area contributed by atoms with E-state index in [1.807, 2.05) is 0 Å². The molecule has 0 atom stereocenters. The van der Waals surface area contributed by atoms with Crippen molar-refractivity contribution in [2.75, 3.05) is 14.1 Å². The van der Waals surface area contributed by atoms with E-state index >= 15 is 0 Å². The zero-order valence-electron chi connectivity index (χ0n) is 16.8. The molecule has 1 aromatic carbocycles. The average Bonchev–Trinajstić information content (AvgIpc) is 2.73. The highest BCUT2D eigenvalue weighted by atomic mass is 19.1. The Labute approximate surface area is 173 Å². The fraction of sp³-hybridized carbons (Fsp3) is 0.182. The number of carbonyl (C=O) groups excluding carboxylic acids is 2. The molecule has 8 heteroatoms. The molecule has 1 N–H and O–H groups in total. The second-order valence-corrected chi connectivity index (χ2v) is 6.77. The van der Waals surface area contributed by atoms with Crippen LogP contribution in [-0.4, -0.2) is 40.8 Å². The van der Waals surface area contributed by atoms with Gasteiger partial charge in [0, 0.05) is 32.9 Å². The first kappa shape index (κ1) is 20.9. The number of rotatable bonds is 6. The van der Waals surface area contributed by atoms with E-state index in [4.69, 9.17) is 4.74 Å². The van der Waals surface area contributed by atoms with Crippen molar-refractivity contribution in [2.24, 2.45) is 0 Å². The van der Waals surface area contributed by atoms with Crippen LogP contribution in [0.4, 0.5) is 4.39 Å². The SMILES string of the molecule is Cc1nc(C(=O)N(C)C)ccc1C(=O)NCc1ccnc(Oc2ccc(F)cc2)c1. The van der Waals surface area contributed by atoms with Crippen LogP contribution in [0.25, 0.3) is 0 Å². The predicted molar refractivity (Wildman–Crippen MR) is 109 cm³/mol. The van der Waals surface area contributed by atoms with Crippen LogP contribution in [0.5, 0.6) is 11.6 Å². The van der Waals surface area contributed by atoms with Crippen LogP contribution in [0.1, 0.15) is 32.1 Å². The van der Waals surface area contributed by atoms with Crippen molar-refractivity contribution in [2.45, 2.75) is 13.5 Å². The van der Waals surface area contributed by atoms with Crippen LogP contribution in [0.15, 0.2) is 54.7 Å². The third-order valence-electron chi connectivity index (χ3n) is 4.24. The lowest BCUT2D eigenvalue weighted by molar-refractivity contribution is 0.0820. The fourth-order valence-electron chi connectivity index (χ4n) is 2.67. The Morgan fingerprint density at radius 3 is 2.50 bits per heavy atom. The topological polar surface area (TPSA) is 84.4 Å². The van der Waals surface area contributed by atoms with Gasteiger partial charge >= 0.3 is 0 Å². The molecule has 0 aliphatic carbocycles. The second-order valence-electron chi connectivity index (χ2n) is 6.77. The molecule has 0 saturated carbocycles. The molecule has 154 valence electrons. The fourth-order valence-corrected chi connectivity index (χ4v) is 2.67. The third kappa shape index (κ3) is 5.16. The highest BCUT2D eigenvalue weighted by molar-refractivity contribution is 5.97. The Kier molecular flexibility index (Phi) is 6.36. The predicted octanol–water partition coefficient (Wildman–Crippen LogP) is 3.35. The largest absolute Gasteiger partial charge is 0.439 e. The molecule has 0 fully saturated rings. The summed E-state index contributed by atoms with van der Waals surface area (Å²) >= 11 is 0. The monoisotopic (exact) mass is 408 g/mol. The Morgan fingerprint density at radius 2 is 1.83 bits per heavy atom. The number of halogens is 1. The molecule has 0 unspecified atom stereocenters. The van der Waals surface area contributed by atoms with Gasteiger partial charge < -0.3 is 15.0 Å². The van der Waals surface area contributed by atoms with Crippen molar-refractivity contribution < 1.29 is 18.7 Å². The summed E-state index contributed by atoms with van der Waals surface area (Å²) in [6, 6.07) is 12.2. The van der Waals surface area contributed by atoms with Gasteiger partial charge in [0.1, 0.15) is 17.3 Å². The van der Waals surface area contributed by atoms with Gasteiger partial charge in [0.15, 0.2) is 0 Å². The lowest BCUT2D eigenvalue weighted by Gasteiger charge is -2.12. The van der Waals surface area contributed by atoms with Gasteiger partial charge in [0.05, 0.1) is 11.3 Å². The van der Waals surface area contributed by atoms with Crippen molar-refractivity contribution in [3.63, 3.8) is 0 Å². The summed E-state index contributed by atoms with van der Waals surface area (Å²) in [5.41, 5.74) is 1.92. The normalized spacial score (nSPS) is 10.4. The number of hydrogen-bond donors (Lipinski definition) is 1. The van der Waals surface area contributed by atoms with E-state index in [-0.39, 0.29) is 29.9 Å². The number of carbonyl (C=O) groups is 2. The van der Waals surface area contributed by atoms with E-state index in [0.717, 1.165) is 5.56 Å². The van der Waals surface area contributed by atoms with Crippen LogP contribution in [0.2, 0.25) is 0 Å². The molecule has 3 rings (SSSR count).